The Morgan fingerprint density at radius 3 is 2.74 bits per heavy atom. The number of ketones is 1. The molecular weight excluding hydrogens is 288 g/mol. The molecule has 0 aromatic rings. The Labute approximate surface area is 139 Å². The maximum absolute atomic E-state index is 12.9. The lowest BCUT2D eigenvalue weighted by molar-refractivity contribution is -0.116. The average molecular weight is 316 g/mol. The van der Waals surface area contributed by atoms with Crippen LogP contribution in [-0.2, 0) is 9.53 Å². The zero-order valence-corrected chi connectivity index (χ0v) is 14.7. The Morgan fingerprint density at radius 1 is 1.35 bits per heavy atom. The molecule has 1 N–H and O–H groups in total. The second-order valence-corrected chi connectivity index (χ2v) is 8.03. The van der Waals surface area contributed by atoms with Crippen LogP contribution in [-0.4, -0.2) is 28.7 Å². The van der Waals surface area contributed by atoms with E-state index in [0.717, 1.165) is 29.6 Å². The fourth-order valence-corrected chi connectivity index (χ4v) is 3.91. The first-order valence-electron chi connectivity index (χ1n) is 8.66. The standard InChI is InChI=1S/C20H28O3/c1-12-8-10-19(4)13(2)6-7-15(14(19)3)17(22)18-20(5,23-18)11-9-16(12)21/h7-8,13,16,18,21H,3,6,9-11H2,1-2,4-5H3/t13-,16+,18-,19+,20-/m1/s1. The normalized spacial score (nSPS) is 44.5. The Balaban J connectivity index is 2.02. The van der Waals surface area contributed by atoms with Crippen molar-refractivity contribution >= 4 is 5.78 Å². The van der Waals surface area contributed by atoms with Gasteiger partial charge in [0.2, 0.25) is 0 Å². The molecule has 1 heterocycles. The number of hydrogen-bond donors (Lipinski definition) is 1. The van der Waals surface area contributed by atoms with Gasteiger partial charge in [-0.3, -0.25) is 4.79 Å². The molecule has 0 amide bonds. The van der Waals surface area contributed by atoms with Gasteiger partial charge in [-0.05, 0) is 62.0 Å². The van der Waals surface area contributed by atoms with E-state index in [0.29, 0.717) is 18.8 Å². The molecule has 0 spiro atoms. The van der Waals surface area contributed by atoms with Gasteiger partial charge >= 0.3 is 0 Å². The van der Waals surface area contributed by atoms with Gasteiger partial charge in [-0.2, -0.15) is 0 Å². The second kappa shape index (κ2) is 5.42. The van der Waals surface area contributed by atoms with Crippen LogP contribution in [0.1, 0.15) is 53.4 Å². The topological polar surface area (TPSA) is 49.8 Å². The van der Waals surface area contributed by atoms with E-state index in [9.17, 15) is 9.90 Å². The van der Waals surface area contributed by atoms with Crippen LogP contribution in [0.25, 0.3) is 0 Å². The SMILES string of the molecule is C=C1C2=CC[C@@H](C)[C@]1(C)CC=C(C)[C@@H](O)CC[C@@]1(C)O[C@@H]1C2=O. The zero-order valence-electron chi connectivity index (χ0n) is 14.7. The molecule has 0 aromatic carbocycles. The molecular formula is C20H28O3. The van der Waals surface area contributed by atoms with Gasteiger partial charge in [0.1, 0.15) is 11.7 Å². The Bertz CT molecular complexity index is 614. The van der Waals surface area contributed by atoms with Crippen molar-refractivity contribution < 1.29 is 14.6 Å². The van der Waals surface area contributed by atoms with Crippen molar-refractivity contribution in [3.63, 3.8) is 0 Å². The minimum atomic E-state index is -0.461. The maximum Gasteiger partial charge on any atom is 0.194 e. The minimum absolute atomic E-state index is 0.0754. The smallest absolute Gasteiger partial charge is 0.194 e. The van der Waals surface area contributed by atoms with E-state index in [1.807, 2.05) is 13.8 Å². The van der Waals surface area contributed by atoms with Crippen LogP contribution in [0.2, 0.25) is 0 Å². The van der Waals surface area contributed by atoms with Crippen LogP contribution in [0.5, 0.6) is 0 Å². The van der Waals surface area contributed by atoms with E-state index >= 15 is 0 Å². The number of aliphatic hydroxyl groups excluding tert-OH is 1. The molecule has 3 nitrogen and oxygen atoms in total. The number of Topliss-reactive ketones (excluding diaryl/α,β-unsaturated/α-hetero) is 1. The molecule has 23 heavy (non-hydrogen) atoms. The fraction of sp³-hybridized carbons (Fsp3) is 0.650. The van der Waals surface area contributed by atoms with Crippen molar-refractivity contribution in [1.82, 2.24) is 0 Å². The van der Waals surface area contributed by atoms with Gasteiger partial charge in [0.15, 0.2) is 5.78 Å². The molecule has 2 aliphatic carbocycles. The number of ether oxygens (including phenoxy) is 1. The molecule has 5 atom stereocenters. The number of fused-ring (bicyclic) bond motifs is 3. The molecule has 0 unspecified atom stereocenters. The molecule has 3 heteroatoms. The van der Waals surface area contributed by atoms with Crippen LogP contribution in [0, 0.1) is 11.3 Å². The molecule has 3 rings (SSSR count). The average Bonchev–Trinajstić information content (AvgIpc) is 3.19. The number of carbonyl (C=O) groups is 1. The van der Waals surface area contributed by atoms with E-state index in [1.165, 1.54) is 0 Å². The number of epoxide rings is 1. The summed E-state index contributed by atoms with van der Waals surface area (Å²) in [4.78, 5) is 12.9. The van der Waals surface area contributed by atoms with Crippen molar-refractivity contribution in [3.8, 4) is 0 Å². The summed E-state index contributed by atoms with van der Waals surface area (Å²) >= 11 is 0. The Kier molecular flexibility index (Phi) is 3.93. The lowest BCUT2D eigenvalue weighted by Gasteiger charge is -2.41. The predicted octanol–water partition coefficient (Wildman–Crippen LogP) is 3.73. The highest BCUT2D eigenvalue weighted by Gasteiger charge is 2.58. The largest absolute Gasteiger partial charge is 0.389 e. The van der Waals surface area contributed by atoms with Crippen molar-refractivity contribution in [3.05, 3.63) is 35.5 Å². The molecule has 3 aliphatic rings. The van der Waals surface area contributed by atoms with Crippen LogP contribution in [0.15, 0.2) is 35.5 Å². The van der Waals surface area contributed by atoms with Gasteiger partial charge in [0.05, 0.1) is 6.10 Å². The zero-order chi connectivity index (χ0) is 17.0. The van der Waals surface area contributed by atoms with Crippen molar-refractivity contribution in [1.29, 1.82) is 0 Å². The van der Waals surface area contributed by atoms with E-state index in [4.69, 9.17) is 4.74 Å². The summed E-state index contributed by atoms with van der Waals surface area (Å²) in [5.41, 5.74) is 2.13. The molecule has 1 saturated heterocycles. The highest BCUT2D eigenvalue weighted by atomic mass is 16.6. The van der Waals surface area contributed by atoms with E-state index in [1.54, 1.807) is 0 Å². The van der Waals surface area contributed by atoms with Crippen molar-refractivity contribution in [2.24, 2.45) is 11.3 Å². The molecule has 2 bridgehead atoms. The van der Waals surface area contributed by atoms with E-state index < -0.39 is 11.7 Å². The maximum atomic E-state index is 12.9. The van der Waals surface area contributed by atoms with Crippen LogP contribution >= 0.6 is 0 Å². The first-order valence-corrected chi connectivity index (χ1v) is 8.66. The summed E-state index contributed by atoms with van der Waals surface area (Å²) in [6.45, 7) is 12.7. The highest BCUT2D eigenvalue weighted by molar-refractivity contribution is 6.05. The summed E-state index contributed by atoms with van der Waals surface area (Å²) in [6.07, 6.45) is 6.37. The molecule has 0 radical (unpaired) electrons. The van der Waals surface area contributed by atoms with Gasteiger partial charge in [-0.15, -0.1) is 0 Å². The Hall–Kier alpha value is -1.19. The third-order valence-corrected chi connectivity index (χ3v) is 6.45. The third-order valence-electron chi connectivity index (χ3n) is 6.45. The number of aliphatic hydroxyl groups is 1. The fourth-order valence-electron chi connectivity index (χ4n) is 3.91. The van der Waals surface area contributed by atoms with Crippen LogP contribution in [0.3, 0.4) is 0 Å². The van der Waals surface area contributed by atoms with Gasteiger partial charge in [-0.25, -0.2) is 0 Å². The van der Waals surface area contributed by atoms with Crippen molar-refractivity contribution in [2.45, 2.75) is 71.2 Å². The first kappa shape index (κ1) is 16.7. The summed E-state index contributed by atoms with van der Waals surface area (Å²) in [5.74, 6) is 0.494. The van der Waals surface area contributed by atoms with Gasteiger partial charge in [0.25, 0.3) is 0 Å². The number of allylic oxidation sites excluding steroid dienone is 3. The summed E-state index contributed by atoms with van der Waals surface area (Å²) in [5, 5.41) is 10.4. The third kappa shape index (κ3) is 2.64. The number of carbonyl (C=O) groups excluding carboxylic acids is 1. The Morgan fingerprint density at radius 2 is 2.04 bits per heavy atom. The predicted molar refractivity (Wildman–Crippen MR) is 91.0 cm³/mol. The van der Waals surface area contributed by atoms with Crippen LogP contribution in [0.4, 0.5) is 0 Å². The second-order valence-electron chi connectivity index (χ2n) is 8.03. The van der Waals surface area contributed by atoms with E-state index in [2.05, 4.69) is 32.6 Å². The summed E-state index contributed by atoms with van der Waals surface area (Å²) in [6, 6.07) is 0. The quantitative estimate of drug-likeness (QED) is 0.547. The van der Waals surface area contributed by atoms with Gasteiger partial charge in [-0.1, -0.05) is 32.6 Å². The number of rotatable bonds is 0. The van der Waals surface area contributed by atoms with Crippen molar-refractivity contribution in [2.75, 3.05) is 0 Å². The minimum Gasteiger partial charge on any atom is -0.389 e. The molecule has 126 valence electrons. The first-order chi connectivity index (χ1) is 10.7. The van der Waals surface area contributed by atoms with Gasteiger partial charge in [0, 0.05) is 5.57 Å². The van der Waals surface area contributed by atoms with E-state index in [-0.39, 0.29) is 17.3 Å². The monoisotopic (exact) mass is 316 g/mol. The lowest BCUT2D eigenvalue weighted by Crippen LogP contribution is -2.34. The lowest BCUT2D eigenvalue weighted by atomic mass is 9.62. The molecule has 1 aliphatic heterocycles. The summed E-state index contributed by atoms with van der Waals surface area (Å²) in [7, 11) is 0. The molecule has 0 aromatic heterocycles. The number of hydrogen-bond acceptors (Lipinski definition) is 3. The molecule has 1 fully saturated rings. The molecule has 0 saturated carbocycles. The highest BCUT2D eigenvalue weighted by Crippen LogP contribution is 2.51. The summed E-state index contributed by atoms with van der Waals surface area (Å²) < 4.78 is 5.75. The van der Waals surface area contributed by atoms with Crippen LogP contribution < -0.4 is 0 Å². The van der Waals surface area contributed by atoms with Gasteiger partial charge < -0.3 is 9.84 Å².